The van der Waals surface area contributed by atoms with Crippen LogP contribution in [0, 0.1) is 46.3 Å². The van der Waals surface area contributed by atoms with E-state index in [2.05, 4.69) is 64.9 Å². The molecule has 2 atom stereocenters. The Morgan fingerprint density at radius 1 is 1.05 bits per heavy atom. The molecule has 4 aromatic rings. The molecule has 2 aromatic carbocycles. The molecule has 0 aliphatic carbocycles. The summed E-state index contributed by atoms with van der Waals surface area (Å²) in [5.74, 6) is 0. The number of pyridine rings is 1. The van der Waals surface area contributed by atoms with Gasteiger partial charge in [-0.3, -0.25) is 4.98 Å². The van der Waals surface area contributed by atoms with Gasteiger partial charge in [0.1, 0.15) is 24.5 Å². The summed E-state index contributed by atoms with van der Waals surface area (Å²) in [6, 6.07) is 14.5. The number of nitriles is 3. The molecular weight excluding hydrogens is 505 g/mol. The van der Waals surface area contributed by atoms with Crippen molar-refractivity contribution in [2.24, 2.45) is 5.41 Å². The summed E-state index contributed by atoms with van der Waals surface area (Å²) in [7, 11) is 0. The summed E-state index contributed by atoms with van der Waals surface area (Å²) in [4.78, 5) is 4.42. The van der Waals surface area contributed by atoms with Crippen molar-refractivity contribution in [2.45, 2.75) is 46.7 Å². The molecule has 0 aliphatic heterocycles. The number of alkyl halides is 1. The van der Waals surface area contributed by atoms with Gasteiger partial charge in [0.15, 0.2) is 0 Å². The van der Waals surface area contributed by atoms with Gasteiger partial charge in [-0.25, -0.2) is 9.07 Å². The maximum atomic E-state index is 13.4. The van der Waals surface area contributed by atoms with Gasteiger partial charge in [-0.05, 0) is 48.6 Å². The van der Waals surface area contributed by atoms with Crippen LogP contribution in [0.1, 0.15) is 73.3 Å². The van der Waals surface area contributed by atoms with E-state index in [9.17, 15) is 20.2 Å². The Labute approximate surface area is 232 Å². The van der Waals surface area contributed by atoms with Crippen LogP contribution in [0.4, 0.5) is 15.8 Å². The number of nitrogens with zero attached hydrogens (tertiary/aromatic N) is 7. The normalized spacial score (nSPS) is 12.7. The second kappa shape index (κ2) is 11.4. The summed E-state index contributed by atoms with van der Waals surface area (Å²) in [6.07, 6.45) is 3.16. The van der Waals surface area contributed by atoms with Gasteiger partial charge in [0, 0.05) is 23.8 Å². The molecule has 40 heavy (non-hydrogen) atoms. The van der Waals surface area contributed by atoms with Gasteiger partial charge in [0.2, 0.25) is 0 Å². The molecule has 0 bridgehead atoms. The molecule has 2 aromatic heterocycles. The van der Waals surface area contributed by atoms with Crippen molar-refractivity contribution in [1.82, 2.24) is 20.0 Å². The highest BCUT2D eigenvalue weighted by Gasteiger charge is 2.24. The zero-order valence-corrected chi connectivity index (χ0v) is 23.1. The number of nitrogens with one attached hydrogen (secondary N) is 2. The molecule has 202 valence electrons. The van der Waals surface area contributed by atoms with Crippen LogP contribution < -0.4 is 10.6 Å². The van der Waals surface area contributed by atoms with E-state index in [1.54, 1.807) is 31.3 Å². The van der Waals surface area contributed by atoms with Gasteiger partial charge in [-0.1, -0.05) is 38.1 Å². The van der Waals surface area contributed by atoms with Crippen molar-refractivity contribution in [1.29, 1.82) is 15.8 Å². The summed E-state index contributed by atoms with van der Waals surface area (Å²) >= 11 is 0. The van der Waals surface area contributed by atoms with Crippen molar-refractivity contribution in [3.8, 4) is 18.2 Å². The molecule has 0 aliphatic rings. The van der Waals surface area contributed by atoms with E-state index >= 15 is 0 Å². The third-order valence-electron chi connectivity index (χ3n) is 6.62. The van der Waals surface area contributed by atoms with E-state index in [-0.39, 0.29) is 5.41 Å². The summed E-state index contributed by atoms with van der Waals surface area (Å²) in [5.41, 5.74) is 4.88. The third kappa shape index (κ3) is 5.70. The number of hydrogen-bond acceptors (Lipinski definition) is 8. The lowest BCUT2D eigenvalue weighted by atomic mass is 9.94. The van der Waals surface area contributed by atoms with E-state index in [1.165, 1.54) is 10.9 Å². The van der Waals surface area contributed by atoms with Crippen LogP contribution in [0.3, 0.4) is 0 Å². The molecule has 0 amide bonds. The first-order valence-corrected chi connectivity index (χ1v) is 12.8. The monoisotopic (exact) mass is 535 g/mol. The molecule has 9 nitrogen and oxygen atoms in total. The Balaban J connectivity index is 1.90. The first-order chi connectivity index (χ1) is 19.1. The molecule has 0 spiro atoms. The Morgan fingerprint density at radius 3 is 2.42 bits per heavy atom. The lowest BCUT2D eigenvalue weighted by Gasteiger charge is -2.23. The molecule has 0 unspecified atom stereocenters. The number of anilines is 2. The largest absolute Gasteiger partial charge is 0.383 e. The van der Waals surface area contributed by atoms with Crippen LogP contribution in [-0.4, -0.2) is 33.2 Å². The van der Waals surface area contributed by atoms with Crippen LogP contribution in [0.2, 0.25) is 0 Å². The van der Waals surface area contributed by atoms with E-state index in [0.717, 1.165) is 11.1 Å². The fourth-order valence-corrected chi connectivity index (χ4v) is 4.37. The van der Waals surface area contributed by atoms with Crippen LogP contribution in [0.15, 0.2) is 42.7 Å². The predicted octanol–water partition coefficient (Wildman–Crippen LogP) is 5.94. The number of hydrogen-bond donors (Lipinski definition) is 2. The number of rotatable bonds is 8. The van der Waals surface area contributed by atoms with Crippen molar-refractivity contribution >= 4 is 22.3 Å². The molecule has 0 saturated carbocycles. The van der Waals surface area contributed by atoms with Crippen molar-refractivity contribution in [2.75, 3.05) is 23.9 Å². The lowest BCUT2D eigenvalue weighted by Crippen LogP contribution is -2.20. The van der Waals surface area contributed by atoms with Crippen LogP contribution in [0.5, 0.6) is 0 Å². The van der Waals surface area contributed by atoms with E-state index in [1.807, 2.05) is 19.1 Å². The maximum absolute atomic E-state index is 13.4. The highest BCUT2D eigenvalue weighted by atomic mass is 19.1. The van der Waals surface area contributed by atoms with Crippen LogP contribution in [0.25, 0.3) is 10.9 Å². The molecule has 2 heterocycles. The molecule has 4 rings (SSSR count). The Morgan fingerprint density at radius 2 is 1.77 bits per heavy atom. The lowest BCUT2D eigenvalue weighted by molar-refractivity contribution is 0.351. The van der Waals surface area contributed by atoms with Crippen molar-refractivity contribution in [3.63, 3.8) is 0 Å². The maximum Gasteiger partial charge on any atom is 0.112 e. The Bertz CT molecular complexity index is 1680. The highest BCUT2D eigenvalue weighted by molar-refractivity contribution is 5.99. The zero-order valence-electron chi connectivity index (χ0n) is 23.1. The van der Waals surface area contributed by atoms with Gasteiger partial charge in [0.05, 0.1) is 52.2 Å². The van der Waals surface area contributed by atoms with Gasteiger partial charge < -0.3 is 10.6 Å². The minimum absolute atomic E-state index is 0.0623. The summed E-state index contributed by atoms with van der Waals surface area (Å²) in [6.45, 7) is 9.82. The highest BCUT2D eigenvalue weighted by Crippen LogP contribution is 2.35. The van der Waals surface area contributed by atoms with Gasteiger partial charge >= 0.3 is 0 Å². The smallest absolute Gasteiger partial charge is 0.112 e. The Kier molecular flexibility index (Phi) is 7.98. The average Bonchev–Trinajstić information content (AvgIpc) is 3.43. The second-order valence-electron chi connectivity index (χ2n) is 10.9. The molecule has 0 fully saturated rings. The van der Waals surface area contributed by atoms with Gasteiger partial charge in [-0.15, -0.1) is 5.10 Å². The van der Waals surface area contributed by atoms with Gasteiger partial charge in [0.25, 0.3) is 0 Å². The minimum Gasteiger partial charge on any atom is -0.383 e. The van der Waals surface area contributed by atoms with Crippen LogP contribution in [-0.2, 0) is 0 Å². The molecule has 2 N–H and O–H groups in total. The predicted molar refractivity (Wildman–Crippen MR) is 151 cm³/mol. The number of aromatic nitrogens is 4. The first kappa shape index (κ1) is 28.0. The van der Waals surface area contributed by atoms with E-state index in [0.29, 0.717) is 51.2 Å². The zero-order chi connectivity index (χ0) is 29.0. The fraction of sp³-hybridized carbons (Fsp3) is 0.333. The SMILES string of the molecule is Cc1c(C#N)cccc1[C@H](Nc1cc(C#N)c2ncc(C#N)c(NCC(C)(C)C)c2c1)c1cn([C@@H](C)CF)nn1. The standard InChI is InChI=1S/C30H30FN9/c1-18(11-31)40-16-26(38-39-40)29(24-8-6-7-20(12-32)19(24)2)37-23-9-21(13-33)27-25(10-23)28(22(14-34)15-35-27)36-17-30(3,4)5/h6-10,15-16,18,29,37H,11,17H2,1-5H3,(H,35,36)/t18-,29-/m0/s1. The number of fused-ring (bicyclic) bond motifs is 1. The third-order valence-corrected chi connectivity index (χ3v) is 6.62. The average molecular weight is 536 g/mol. The molecule has 10 heteroatoms. The van der Waals surface area contributed by atoms with E-state index in [4.69, 9.17) is 0 Å². The first-order valence-electron chi connectivity index (χ1n) is 12.8. The number of halogens is 1. The summed E-state index contributed by atoms with van der Waals surface area (Å²) in [5, 5.41) is 45.4. The fourth-order valence-electron chi connectivity index (χ4n) is 4.37. The molecule has 0 radical (unpaired) electrons. The van der Waals surface area contributed by atoms with Crippen molar-refractivity contribution in [3.05, 3.63) is 76.2 Å². The van der Waals surface area contributed by atoms with Gasteiger partial charge in [-0.2, -0.15) is 15.8 Å². The molecular formula is C30H30FN9. The Hall–Kier alpha value is -5.01. The van der Waals surface area contributed by atoms with Crippen LogP contribution >= 0.6 is 0 Å². The van der Waals surface area contributed by atoms with E-state index < -0.39 is 18.8 Å². The summed E-state index contributed by atoms with van der Waals surface area (Å²) < 4.78 is 14.8. The number of benzene rings is 2. The quantitative estimate of drug-likeness (QED) is 0.283. The minimum atomic E-state index is -0.599. The van der Waals surface area contributed by atoms with Crippen molar-refractivity contribution < 1.29 is 4.39 Å². The topological polar surface area (TPSA) is 139 Å². The second-order valence-corrected chi connectivity index (χ2v) is 10.9. The molecule has 0 saturated heterocycles.